The molecule has 27 heavy (non-hydrogen) atoms. The van der Waals surface area contributed by atoms with Crippen LogP contribution in [-0.2, 0) is 20.3 Å². The lowest BCUT2D eigenvalue weighted by atomic mass is 9.92. The van der Waals surface area contributed by atoms with Crippen molar-refractivity contribution in [3.8, 4) is 0 Å². The number of halogens is 2. The second kappa shape index (κ2) is 6.63. The van der Waals surface area contributed by atoms with Crippen molar-refractivity contribution in [2.24, 2.45) is 4.99 Å². The van der Waals surface area contributed by atoms with E-state index in [0.29, 0.717) is 0 Å². The Balaban J connectivity index is 2.55. The van der Waals surface area contributed by atoms with Crippen molar-refractivity contribution in [1.82, 2.24) is 9.62 Å². The fraction of sp³-hybridized carbons (Fsp3) is 0.500. The molecule has 1 heterocycles. The topological polar surface area (TPSA) is 114 Å². The summed E-state index contributed by atoms with van der Waals surface area (Å²) in [5.41, 5.74) is 1.99. The maximum atomic E-state index is 14.5. The Bertz CT molecular complexity index is 912. The van der Waals surface area contributed by atoms with Gasteiger partial charge in [0, 0.05) is 7.05 Å². The number of benzene rings is 1. The van der Waals surface area contributed by atoms with Gasteiger partial charge in [0.2, 0.25) is 16.0 Å². The molecule has 1 aliphatic rings. The Hall–Kier alpha value is -2.43. The molecule has 1 atom stereocenters. The molecule has 1 fully saturated rings. The summed E-state index contributed by atoms with van der Waals surface area (Å²) in [7, 11) is -2.88. The second-order valence-corrected chi connectivity index (χ2v) is 9.42. The lowest BCUT2D eigenvalue weighted by molar-refractivity contribution is 0.0602. The molecule has 0 aliphatic carbocycles. The molecule has 2 rings (SSSR count). The van der Waals surface area contributed by atoms with E-state index in [1.807, 2.05) is 0 Å². The summed E-state index contributed by atoms with van der Waals surface area (Å²) < 4.78 is 59.7. The minimum Gasteiger partial charge on any atom is -0.442 e. The summed E-state index contributed by atoms with van der Waals surface area (Å²) >= 11 is 0. The average molecular weight is 404 g/mol. The highest BCUT2D eigenvalue weighted by Crippen LogP contribution is 2.33. The lowest BCUT2D eigenvalue weighted by Crippen LogP contribution is -2.62. The molecule has 0 saturated carbocycles. The van der Waals surface area contributed by atoms with Crippen molar-refractivity contribution in [3.63, 3.8) is 0 Å². The van der Waals surface area contributed by atoms with E-state index in [9.17, 15) is 22.0 Å². The Morgan fingerprint density at radius 3 is 2.52 bits per heavy atom. The van der Waals surface area contributed by atoms with Crippen LogP contribution in [0.25, 0.3) is 0 Å². The number of nitrogens with one attached hydrogen (secondary N) is 1. The Kier molecular flexibility index (Phi) is 5.12. The number of sulfonamides is 1. The number of aliphatic imine (C=N–C) groups is 1. The van der Waals surface area contributed by atoms with Gasteiger partial charge in [0.25, 0.3) is 0 Å². The van der Waals surface area contributed by atoms with Gasteiger partial charge in [0.05, 0.1) is 22.5 Å². The highest BCUT2D eigenvalue weighted by atomic mass is 32.2. The molecule has 1 aromatic carbocycles. The van der Waals surface area contributed by atoms with E-state index in [2.05, 4.69) is 10.3 Å². The normalized spacial score (nSPS) is 23.8. The van der Waals surface area contributed by atoms with Crippen molar-refractivity contribution >= 4 is 27.8 Å². The fourth-order valence-electron chi connectivity index (χ4n) is 2.63. The van der Waals surface area contributed by atoms with E-state index >= 15 is 0 Å². The largest absolute Gasteiger partial charge is 0.442 e. The molecule has 0 spiro atoms. The molecule has 3 N–H and O–H groups in total. The molecule has 8 nitrogen and oxygen atoms in total. The molecular formula is C16H22F2N4O4S. The smallest absolute Gasteiger partial charge is 0.437 e. The number of rotatable bonds is 1. The number of nitrogen functional groups attached to an aromatic ring is 1. The van der Waals surface area contributed by atoms with Gasteiger partial charge >= 0.3 is 6.09 Å². The first-order valence-electron chi connectivity index (χ1n) is 7.97. The third-order valence-electron chi connectivity index (χ3n) is 3.84. The standard InChI is InChI=1S/C16H22F2N4O4S/c1-15(2,3)26-14(23)20-13-21-16(4,8-27(24,25)22(13)5)11-9(17)6-7-10(19)12(11)18/h6-7H,8,19H2,1-5H3,(H,20,21,23)/t16-/m0/s1. The van der Waals surface area contributed by atoms with E-state index in [-0.39, 0.29) is 5.69 Å². The zero-order valence-corrected chi connectivity index (χ0v) is 16.4. The number of anilines is 1. The monoisotopic (exact) mass is 404 g/mol. The van der Waals surface area contributed by atoms with Crippen molar-refractivity contribution in [1.29, 1.82) is 0 Å². The Labute approximate surface area is 156 Å². The maximum Gasteiger partial charge on any atom is 0.437 e. The van der Waals surface area contributed by atoms with Gasteiger partial charge in [-0.2, -0.15) is 0 Å². The van der Waals surface area contributed by atoms with Gasteiger partial charge in [-0.25, -0.2) is 26.3 Å². The number of carbonyl (C=O) groups is 1. The van der Waals surface area contributed by atoms with Gasteiger partial charge in [-0.1, -0.05) is 0 Å². The number of ether oxygens (including phenoxy) is 1. The highest BCUT2D eigenvalue weighted by molar-refractivity contribution is 7.89. The highest BCUT2D eigenvalue weighted by Gasteiger charge is 2.46. The Morgan fingerprint density at radius 1 is 1.37 bits per heavy atom. The van der Waals surface area contributed by atoms with Gasteiger partial charge in [0.1, 0.15) is 11.4 Å². The first-order valence-corrected chi connectivity index (χ1v) is 9.58. The van der Waals surface area contributed by atoms with Crippen LogP contribution in [0.3, 0.4) is 0 Å². The van der Waals surface area contributed by atoms with Gasteiger partial charge in [-0.15, -0.1) is 4.99 Å². The number of hydrogen-bond donors (Lipinski definition) is 2. The van der Waals surface area contributed by atoms with Crippen LogP contribution in [0.1, 0.15) is 33.3 Å². The molecule has 1 aromatic rings. The van der Waals surface area contributed by atoms with Crippen LogP contribution in [0.5, 0.6) is 0 Å². The van der Waals surface area contributed by atoms with Crippen molar-refractivity contribution < 1.29 is 26.7 Å². The molecule has 1 aliphatic heterocycles. The minimum absolute atomic E-state index is 0.337. The third-order valence-corrected chi connectivity index (χ3v) is 5.79. The van der Waals surface area contributed by atoms with Crippen LogP contribution in [0, 0.1) is 11.6 Å². The van der Waals surface area contributed by atoms with Crippen molar-refractivity contribution in [3.05, 3.63) is 29.3 Å². The summed E-state index contributed by atoms with van der Waals surface area (Å²) in [5, 5.41) is 2.64. The minimum atomic E-state index is -4.04. The van der Waals surface area contributed by atoms with Crippen LogP contribution in [0.2, 0.25) is 0 Å². The van der Waals surface area contributed by atoms with Crippen LogP contribution >= 0.6 is 0 Å². The number of amides is 1. The van der Waals surface area contributed by atoms with E-state index in [0.717, 1.165) is 23.5 Å². The molecule has 0 radical (unpaired) electrons. The van der Waals surface area contributed by atoms with Crippen LogP contribution in [-0.4, -0.2) is 43.2 Å². The molecule has 0 unspecified atom stereocenters. The zero-order valence-electron chi connectivity index (χ0n) is 15.6. The fourth-order valence-corrected chi connectivity index (χ4v) is 4.12. The Morgan fingerprint density at radius 2 is 1.96 bits per heavy atom. The number of nitrogens with two attached hydrogens (primary N) is 1. The summed E-state index contributed by atoms with van der Waals surface area (Å²) in [6.07, 6.45) is -1.05. The second-order valence-electron chi connectivity index (χ2n) is 7.42. The van der Waals surface area contributed by atoms with Crippen molar-refractivity contribution in [2.75, 3.05) is 18.5 Å². The zero-order chi connectivity index (χ0) is 20.8. The first-order chi connectivity index (χ1) is 12.2. The first kappa shape index (κ1) is 20.9. The summed E-state index contributed by atoms with van der Waals surface area (Å²) in [6, 6.07) is 1.98. The average Bonchev–Trinajstić information content (AvgIpc) is 2.46. The molecule has 0 aromatic heterocycles. The van der Waals surface area contributed by atoms with Gasteiger partial charge < -0.3 is 15.8 Å². The number of nitrogens with zero attached hydrogens (tertiary/aromatic N) is 2. The lowest BCUT2D eigenvalue weighted by Gasteiger charge is -2.40. The SMILES string of the molecule is CN1/C(=N/C(=O)OC(C)(C)C)N[C@](C)(c2c(F)ccc(N)c2F)CS1(=O)=O. The predicted molar refractivity (Wildman–Crippen MR) is 96.5 cm³/mol. The molecule has 1 saturated heterocycles. The van der Waals surface area contributed by atoms with Crippen LogP contribution in [0.4, 0.5) is 19.3 Å². The third kappa shape index (κ3) is 4.29. The number of guanidine groups is 1. The van der Waals surface area contributed by atoms with E-state index < -0.39 is 56.2 Å². The summed E-state index contributed by atoms with van der Waals surface area (Å²) in [6.45, 7) is 6.12. The van der Waals surface area contributed by atoms with Crippen LogP contribution in [0.15, 0.2) is 17.1 Å². The molecular weight excluding hydrogens is 382 g/mol. The van der Waals surface area contributed by atoms with Gasteiger partial charge in [-0.05, 0) is 39.8 Å². The quantitative estimate of drug-likeness (QED) is 0.691. The number of carbonyl (C=O) groups excluding carboxylic acids is 1. The predicted octanol–water partition coefficient (Wildman–Crippen LogP) is 1.92. The van der Waals surface area contributed by atoms with E-state index in [4.69, 9.17) is 10.5 Å². The number of hydrogen-bond acceptors (Lipinski definition) is 5. The van der Waals surface area contributed by atoms with Crippen molar-refractivity contribution in [2.45, 2.75) is 38.8 Å². The maximum absolute atomic E-state index is 14.5. The van der Waals surface area contributed by atoms with Gasteiger partial charge in [0.15, 0.2) is 5.82 Å². The summed E-state index contributed by atoms with van der Waals surface area (Å²) in [4.78, 5) is 15.6. The molecule has 150 valence electrons. The molecule has 0 bridgehead atoms. The van der Waals surface area contributed by atoms with Gasteiger partial charge in [-0.3, -0.25) is 0 Å². The van der Waals surface area contributed by atoms with E-state index in [1.54, 1.807) is 20.8 Å². The van der Waals surface area contributed by atoms with Crippen LogP contribution < -0.4 is 11.1 Å². The van der Waals surface area contributed by atoms with E-state index in [1.165, 1.54) is 6.92 Å². The molecule has 11 heteroatoms. The summed E-state index contributed by atoms with van der Waals surface area (Å²) in [5.74, 6) is -3.16. The molecule has 1 amide bonds.